The van der Waals surface area contributed by atoms with Crippen molar-refractivity contribution in [1.29, 1.82) is 0 Å². The number of hydrogen-bond donors (Lipinski definition) is 3. The topological polar surface area (TPSA) is 98.4 Å². The molecule has 0 radical (unpaired) electrons. The first-order valence-corrected chi connectivity index (χ1v) is 6.39. The van der Waals surface area contributed by atoms with Gasteiger partial charge in [0.2, 0.25) is 0 Å². The maximum atomic E-state index is 11.2. The number of carboxylic acid groups (broad SMARTS) is 1. The lowest BCUT2D eigenvalue weighted by Gasteiger charge is -2.34. The Kier molecular flexibility index (Phi) is 4.39. The van der Waals surface area contributed by atoms with Crippen molar-refractivity contribution < 1.29 is 14.6 Å². The van der Waals surface area contributed by atoms with Crippen LogP contribution in [0.2, 0.25) is 0 Å². The molecule has 0 aromatic carbocycles. The molecule has 0 aliphatic carbocycles. The van der Waals surface area contributed by atoms with Crippen molar-refractivity contribution in [1.82, 2.24) is 14.9 Å². The van der Waals surface area contributed by atoms with E-state index >= 15 is 0 Å². The average Bonchev–Trinajstić information content (AvgIpc) is 2.73. The van der Waals surface area contributed by atoms with E-state index in [4.69, 9.17) is 9.84 Å². The van der Waals surface area contributed by atoms with E-state index < -0.39 is 11.7 Å². The Hall–Kier alpha value is -1.60. The number of ether oxygens (including phenoxy) is 1. The van der Waals surface area contributed by atoms with E-state index in [2.05, 4.69) is 14.9 Å². The van der Waals surface area contributed by atoms with Gasteiger partial charge in [-0.05, 0) is 19.4 Å². The van der Waals surface area contributed by atoms with Crippen molar-refractivity contribution >= 4 is 5.97 Å². The summed E-state index contributed by atoms with van der Waals surface area (Å²) >= 11 is 0. The van der Waals surface area contributed by atoms with Crippen LogP contribution in [-0.2, 0) is 11.3 Å². The van der Waals surface area contributed by atoms with Crippen molar-refractivity contribution in [3.8, 4) is 0 Å². The first-order chi connectivity index (χ1) is 9.11. The summed E-state index contributed by atoms with van der Waals surface area (Å²) in [5.41, 5.74) is -0.0973. The summed E-state index contributed by atoms with van der Waals surface area (Å²) in [6, 6.07) is 0.277. The van der Waals surface area contributed by atoms with Gasteiger partial charge >= 0.3 is 11.7 Å². The van der Waals surface area contributed by atoms with Gasteiger partial charge in [0.1, 0.15) is 5.69 Å². The highest BCUT2D eigenvalue weighted by molar-refractivity contribution is 5.86. The zero-order valence-corrected chi connectivity index (χ0v) is 10.9. The number of methoxy groups -OCH3 is 1. The molecular weight excluding hydrogens is 250 g/mol. The summed E-state index contributed by atoms with van der Waals surface area (Å²) in [7, 11) is 1.66. The van der Waals surface area contributed by atoms with Gasteiger partial charge in [-0.1, -0.05) is 6.42 Å². The SMILES string of the molecule is COCC1CCCCN1Cc1[nH]c(=O)[nH]c1C(=O)O. The van der Waals surface area contributed by atoms with Crippen LogP contribution < -0.4 is 5.69 Å². The first-order valence-electron chi connectivity index (χ1n) is 6.39. The third-order valence-electron chi connectivity index (χ3n) is 3.49. The van der Waals surface area contributed by atoms with E-state index in [0.717, 1.165) is 25.8 Å². The molecule has 2 heterocycles. The Morgan fingerprint density at radius 1 is 1.47 bits per heavy atom. The van der Waals surface area contributed by atoms with Gasteiger partial charge in [0.15, 0.2) is 0 Å². The molecule has 1 atom stereocenters. The van der Waals surface area contributed by atoms with Crippen LogP contribution in [0.4, 0.5) is 0 Å². The molecule has 0 spiro atoms. The number of hydrogen-bond acceptors (Lipinski definition) is 4. The van der Waals surface area contributed by atoms with E-state index in [1.807, 2.05) is 0 Å². The van der Waals surface area contributed by atoms with Gasteiger partial charge in [0.05, 0.1) is 12.3 Å². The molecule has 106 valence electrons. The van der Waals surface area contributed by atoms with Crippen molar-refractivity contribution in [2.24, 2.45) is 0 Å². The summed E-state index contributed by atoms with van der Waals surface area (Å²) in [6.45, 7) is 1.94. The van der Waals surface area contributed by atoms with Crippen LogP contribution >= 0.6 is 0 Å². The molecule has 1 aliphatic heterocycles. The summed E-state index contributed by atoms with van der Waals surface area (Å²) < 4.78 is 5.19. The number of rotatable bonds is 5. The van der Waals surface area contributed by atoms with Gasteiger partial charge in [0.25, 0.3) is 0 Å². The van der Waals surface area contributed by atoms with E-state index in [0.29, 0.717) is 18.8 Å². The highest BCUT2D eigenvalue weighted by atomic mass is 16.5. The van der Waals surface area contributed by atoms with E-state index in [-0.39, 0.29) is 11.7 Å². The molecular formula is C12H19N3O4. The van der Waals surface area contributed by atoms with E-state index in [1.54, 1.807) is 7.11 Å². The molecule has 7 heteroatoms. The number of likely N-dealkylation sites (tertiary alicyclic amines) is 1. The second-order valence-corrected chi connectivity index (χ2v) is 4.81. The lowest BCUT2D eigenvalue weighted by Crippen LogP contribution is -2.42. The van der Waals surface area contributed by atoms with Crippen LogP contribution in [0.1, 0.15) is 35.4 Å². The molecule has 0 saturated carbocycles. The number of aromatic nitrogens is 2. The van der Waals surface area contributed by atoms with Crippen LogP contribution in [0.25, 0.3) is 0 Å². The Labute approximate surface area is 110 Å². The molecule has 19 heavy (non-hydrogen) atoms. The molecule has 1 aromatic heterocycles. The molecule has 1 aromatic rings. The van der Waals surface area contributed by atoms with Crippen LogP contribution in [-0.4, -0.2) is 52.2 Å². The van der Waals surface area contributed by atoms with Crippen LogP contribution in [0.3, 0.4) is 0 Å². The van der Waals surface area contributed by atoms with Crippen LogP contribution in [0, 0.1) is 0 Å². The average molecular weight is 269 g/mol. The molecule has 1 saturated heterocycles. The minimum Gasteiger partial charge on any atom is -0.477 e. The lowest BCUT2D eigenvalue weighted by molar-refractivity contribution is 0.0579. The fraction of sp³-hybridized carbons (Fsp3) is 0.667. The highest BCUT2D eigenvalue weighted by Gasteiger charge is 2.25. The second kappa shape index (κ2) is 6.03. The van der Waals surface area contributed by atoms with E-state index in [1.165, 1.54) is 0 Å². The number of nitrogens with one attached hydrogen (secondary N) is 2. The quantitative estimate of drug-likeness (QED) is 0.718. The summed E-state index contributed by atoms with van der Waals surface area (Å²) in [5.74, 6) is -1.12. The van der Waals surface area contributed by atoms with Gasteiger partial charge in [0, 0.05) is 19.7 Å². The molecule has 3 N–H and O–H groups in total. The number of H-pyrrole nitrogens is 2. The van der Waals surface area contributed by atoms with Crippen LogP contribution in [0.5, 0.6) is 0 Å². The summed E-state index contributed by atoms with van der Waals surface area (Å²) in [4.78, 5) is 29.3. The molecule has 0 bridgehead atoms. The fourth-order valence-corrected chi connectivity index (χ4v) is 2.57. The minimum atomic E-state index is -1.12. The molecule has 1 unspecified atom stereocenters. The summed E-state index contributed by atoms with van der Waals surface area (Å²) in [5, 5.41) is 9.04. The molecule has 7 nitrogen and oxygen atoms in total. The second-order valence-electron chi connectivity index (χ2n) is 4.81. The van der Waals surface area contributed by atoms with Crippen molar-refractivity contribution in [3.05, 3.63) is 21.9 Å². The smallest absolute Gasteiger partial charge is 0.354 e. The highest BCUT2D eigenvalue weighted by Crippen LogP contribution is 2.19. The number of imidazole rings is 1. The van der Waals surface area contributed by atoms with Gasteiger partial charge in [-0.2, -0.15) is 0 Å². The monoisotopic (exact) mass is 269 g/mol. The number of aromatic carboxylic acids is 1. The van der Waals surface area contributed by atoms with Gasteiger partial charge in [-0.15, -0.1) is 0 Å². The number of nitrogens with zero attached hydrogens (tertiary/aromatic N) is 1. The lowest BCUT2D eigenvalue weighted by atomic mass is 10.0. The Morgan fingerprint density at radius 2 is 2.26 bits per heavy atom. The van der Waals surface area contributed by atoms with Gasteiger partial charge in [-0.3, -0.25) is 9.88 Å². The molecule has 1 aliphatic rings. The normalized spacial score (nSPS) is 20.6. The third-order valence-corrected chi connectivity index (χ3v) is 3.49. The molecule has 1 fully saturated rings. The van der Waals surface area contributed by atoms with Crippen molar-refractivity contribution in [2.75, 3.05) is 20.3 Å². The third kappa shape index (κ3) is 3.24. The van der Waals surface area contributed by atoms with Gasteiger partial charge in [-0.25, -0.2) is 9.59 Å². The zero-order valence-electron chi connectivity index (χ0n) is 10.9. The molecule has 2 rings (SSSR count). The maximum absolute atomic E-state index is 11.2. The Bertz CT molecular complexity index is 491. The van der Waals surface area contributed by atoms with Crippen LogP contribution in [0.15, 0.2) is 4.79 Å². The predicted molar refractivity (Wildman–Crippen MR) is 68.3 cm³/mol. The zero-order chi connectivity index (χ0) is 13.8. The van der Waals surface area contributed by atoms with Crippen molar-refractivity contribution in [3.63, 3.8) is 0 Å². The Morgan fingerprint density at radius 3 is 2.95 bits per heavy atom. The number of aromatic amines is 2. The maximum Gasteiger partial charge on any atom is 0.354 e. The predicted octanol–water partition coefficient (Wildman–Crippen LogP) is 0.402. The standard InChI is InChI=1S/C12H19N3O4/c1-19-7-8-4-2-3-5-15(8)6-9-10(11(16)17)14-12(18)13-9/h8H,2-7H2,1H3,(H,16,17)(H2,13,14,18). The number of carbonyl (C=O) groups is 1. The number of carboxylic acids is 1. The number of piperidine rings is 1. The largest absolute Gasteiger partial charge is 0.477 e. The Balaban J connectivity index is 2.14. The molecule has 0 amide bonds. The van der Waals surface area contributed by atoms with E-state index in [9.17, 15) is 9.59 Å². The van der Waals surface area contributed by atoms with Crippen molar-refractivity contribution in [2.45, 2.75) is 31.8 Å². The first kappa shape index (κ1) is 13.8. The fourth-order valence-electron chi connectivity index (χ4n) is 2.57. The summed E-state index contributed by atoms with van der Waals surface area (Å²) in [6.07, 6.45) is 3.27. The van der Waals surface area contributed by atoms with Gasteiger partial charge < -0.3 is 14.8 Å². The minimum absolute atomic E-state index is 0.0493.